The Kier molecular flexibility index (Phi) is 6.25. The van der Waals surface area contributed by atoms with Gasteiger partial charge < -0.3 is 15.3 Å². The summed E-state index contributed by atoms with van der Waals surface area (Å²) in [5, 5.41) is 13.0. The maximum absolute atomic E-state index is 9.64. The first kappa shape index (κ1) is 16.8. The molecule has 1 saturated heterocycles. The molecule has 2 N–H and O–H groups in total. The van der Waals surface area contributed by atoms with Crippen LogP contribution in [0, 0.1) is 6.92 Å². The normalized spacial score (nSPS) is 18.4. The summed E-state index contributed by atoms with van der Waals surface area (Å²) in [6, 6.07) is 8.66. The van der Waals surface area contributed by atoms with Crippen molar-refractivity contribution in [2.24, 2.45) is 4.99 Å². The molecule has 1 aromatic rings. The van der Waals surface area contributed by atoms with Gasteiger partial charge in [0.2, 0.25) is 0 Å². The molecule has 4 nitrogen and oxygen atoms in total. The van der Waals surface area contributed by atoms with Crippen LogP contribution >= 0.6 is 0 Å². The van der Waals surface area contributed by atoms with Crippen LogP contribution in [-0.2, 0) is 0 Å². The van der Waals surface area contributed by atoms with Gasteiger partial charge in [0.15, 0.2) is 5.96 Å². The van der Waals surface area contributed by atoms with Gasteiger partial charge in [-0.15, -0.1) is 0 Å². The average molecular weight is 303 g/mol. The second kappa shape index (κ2) is 8.18. The van der Waals surface area contributed by atoms with Crippen LogP contribution < -0.4 is 5.32 Å². The molecule has 4 heteroatoms. The van der Waals surface area contributed by atoms with Crippen LogP contribution in [0.2, 0.25) is 0 Å². The van der Waals surface area contributed by atoms with Crippen LogP contribution in [0.25, 0.3) is 0 Å². The molecule has 122 valence electrons. The van der Waals surface area contributed by atoms with E-state index in [0.717, 1.165) is 45.0 Å². The fourth-order valence-electron chi connectivity index (χ4n) is 2.81. The van der Waals surface area contributed by atoms with E-state index >= 15 is 0 Å². The van der Waals surface area contributed by atoms with Crippen molar-refractivity contribution in [3.8, 4) is 0 Å². The molecule has 1 fully saturated rings. The van der Waals surface area contributed by atoms with Crippen molar-refractivity contribution in [2.45, 2.75) is 45.6 Å². The molecule has 0 radical (unpaired) electrons. The van der Waals surface area contributed by atoms with Gasteiger partial charge in [-0.05, 0) is 32.3 Å². The molecule has 1 aliphatic heterocycles. The third-order valence-electron chi connectivity index (χ3n) is 4.22. The van der Waals surface area contributed by atoms with Crippen molar-refractivity contribution >= 4 is 5.96 Å². The zero-order chi connectivity index (χ0) is 15.9. The van der Waals surface area contributed by atoms with Gasteiger partial charge in [-0.3, -0.25) is 4.99 Å². The standard InChI is InChI=1S/C18H29N3O/c1-4-19-18(21-10-8-17(22)9-11-21)20-13-15(3)16-7-5-6-14(2)12-16/h5-7,12,15,17,22H,4,8-11,13H2,1-3H3,(H,19,20). The van der Waals surface area contributed by atoms with Crippen molar-refractivity contribution in [3.63, 3.8) is 0 Å². The minimum absolute atomic E-state index is 0.148. The van der Waals surface area contributed by atoms with Gasteiger partial charge in [0.1, 0.15) is 0 Å². The number of aryl methyl sites for hydroxylation is 1. The molecule has 1 aliphatic rings. The number of rotatable bonds is 4. The molecule has 2 rings (SSSR count). The van der Waals surface area contributed by atoms with E-state index in [1.54, 1.807) is 0 Å². The lowest BCUT2D eigenvalue weighted by Gasteiger charge is -2.32. The third kappa shape index (κ3) is 4.73. The molecule has 1 aromatic carbocycles. The number of aliphatic hydroxyl groups is 1. The van der Waals surface area contributed by atoms with Gasteiger partial charge in [0.05, 0.1) is 6.10 Å². The van der Waals surface area contributed by atoms with Crippen LogP contribution in [0.15, 0.2) is 29.3 Å². The Morgan fingerprint density at radius 1 is 1.41 bits per heavy atom. The van der Waals surface area contributed by atoms with Crippen LogP contribution in [0.3, 0.4) is 0 Å². The highest BCUT2D eigenvalue weighted by atomic mass is 16.3. The van der Waals surface area contributed by atoms with Gasteiger partial charge in [-0.25, -0.2) is 0 Å². The zero-order valence-corrected chi connectivity index (χ0v) is 14.0. The third-order valence-corrected chi connectivity index (χ3v) is 4.22. The lowest BCUT2D eigenvalue weighted by Crippen LogP contribution is -2.46. The van der Waals surface area contributed by atoms with Crippen molar-refractivity contribution in [1.29, 1.82) is 0 Å². The molecule has 1 heterocycles. The Morgan fingerprint density at radius 3 is 2.77 bits per heavy atom. The summed E-state index contributed by atoms with van der Waals surface area (Å²) in [6.07, 6.45) is 1.51. The molecular weight excluding hydrogens is 274 g/mol. The highest BCUT2D eigenvalue weighted by Gasteiger charge is 2.19. The first-order valence-electron chi connectivity index (χ1n) is 8.38. The predicted octanol–water partition coefficient (Wildman–Crippen LogP) is 2.52. The van der Waals surface area contributed by atoms with E-state index in [1.807, 2.05) is 0 Å². The minimum atomic E-state index is -0.148. The van der Waals surface area contributed by atoms with Crippen molar-refractivity contribution in [2.75, 3.05) is 26.2 Å². The summed E-state index contributed by atoms with van der Waals surface area (Å²) in [7, 11) is 0. The Morgan fingerprint density at radius 2 is 2.14 bits per heavy atom. The highest BCUT2D eigenvalue weighted by Crippen LogP contribution is 2.17. The topological polar surface area (TPSA) is 47.9 Å². The molecule has 0 aromatic heterocycles. The first-order chi connectivity index (χ1) is 10.6. The Balaban J connectivity index is 2.00. The molecule has 1 atom stereocenters. The summed E-state index contributed by atoms with van der Waals surface area (Å²) < 4.78 is 0. The lowest BCUT2D eigenvalue weighted by molar-refractivity contribution is 0.108. The maximum atomic E-state index is 9.64. The Hall–Kier alpha value is -1.55. The van der Waals surface area contributed by atoms with Gasteiger partial charge >= 0.3 is 0 Å². The van der Waals surface area contributed by atoms with Crippen molar-refractivity contribution in [1.82, 2.24) is 10.2 Å². The SMILES string of the molecule is CCNC(=NCC(C)c1cccc(C)c1)N1CCC(O)CC1. The monoisotopic (exact) mass is 303 g/mol. The van der Waals surface area contributed by atoms with Gasteiger partial charge in [-0.2, -0.15) is 0 Å². The van der Waals surface area contributed by atoms with Crippen LogP contribution in [-0.4, -0.2) is 48.2 Å². The minimum Gasteiger partial charge on any atom is -0.393 e. The van der Waals surface area contributed by atoms with E-state index in [1.165, 1.54) is 11.1 Å². The Labute approximate surface area is 134 Å². The van der Waals surface area contributed by atoms with E-state index in [0.29, 0.717) is 5.92 Å². The molecule has 1 unspecified atom stereocenters. The fraction of sp³-hybridized carbons (Fsp3) is 0.611. The summed E-state index contributed by atoms with van der Waals surface area (Å²) in [6.45, 7) is 9.86. The average Bonchev–Trinajstić information content (AvgIpc) is 2.52. The first-order valence-corrected chi connectivity index (χ1v) is 8.38. The molecule has 22 heavy (non-hydrogen) atoms. The second-order valence-electron chi connectivity index (χ2n) is 6.23. The van der Waals surface area contributed by atoms with E-state index in [2.05, 4.69) is 55.3 Å². The maximum Gasteiger partial charge on any atom is 0.193 e. The van der Waals surface area contributed by atoms with Gasteiger partial charge in [0, 0.05) is 32.1 Å². The lowest BCUT2D eigenvalue weighted by atomic mass is 10.00. The van der Waals surface area contributed by atoms with Crippen LogP contribution in [0.4, 0.5) is 0 Å². The van der Waals surface area contributed by atoms with Crippen molar-refractivity contribution < 1.29 is 5.11 Å². The summed E-state index contributed by atoms with van der Waals surface area (Å²) in [4.78, 5) is 7.08. The summed E-state index contributed by atoms with van der Waals surface area (Å²) in [5.41, 5.74) is 2.64. The van der Waals surface area contributed by atoms with E-state index in [-0.39, 0.29) is 6.10 Å². The van der Waals surface area contributed by atoms with Gasteiger partial charge in [-0.1, -0.05) is 36.8 Å². The molecule has 0 spiro atoms. The molecular formula is C18H29N3O. The number of nitrogens with one attached hydrogen (secondary N) is 1. The molecule has 0 bridgehead atoms. The van der Waals surface area contributed by atoms with Gasteiger partial charge in [0.25, 0.3) is 0 Å². The summed E-state index contributed by atoms with van der Waals surface area (Å²) in [5.74, 6) is 1.39. The number of guanidine groups is 1. The zero-order valence-electron chi connectivity index (χ0n) is 14.0. The number of hydrogen-bond acceptors (Lipinski definition) is 2. The number of aliphatic imine (C=N–C) groups is 1. The number of benzene rings is 1. The second-order valence-corrected chi connectivity index (χ2v) is 6.23. The summed E-state index contributed by atoms with van der Waals surface area (Å²) >= 11 is 0. The van der Waals surface area contributed by atoms with Crippen LogP contribution in [0.1, 0.15) is 43.7 Å². The fourth-order valence-corrected chi connectivity index (χ4v) is 2.81. The van der Waals surface area contributed by atoms with E-state index in [9.17, 15) is 5.11 Å². The number of likely N-dealkylation sites (tertiary alicyclic amines) is 1. The number of piperidine rings is 1. The van der Waals surface area contributed by atoms with E-state index < -0.39 is 0 Å². The highest BCUT2D eigenvalue weighted by molar-refractivity contribution is 5.80. The smallest absolute Gasteiger partial charge is 0.193 e. The number of aliphatic hydroxyl groups excluding tert-OH is 1. The molecule has 0 amide bonds. The number of hydrogen-bond donors (Lipinski definition) is 2. The largest absolute Gasteiger partial charge is 0.393 e. The molecule has 0 aliphatic carbocycles. The predicted molar refractivity (Wildman–Crippen MR) is 92.4 cm³/mol. The number of nitrogens with zero attached hydrogens (tertiary/aromatic N) is 2. The quantitative estimate of drug-likeness (QED) is 0.664. The Bertz CT molecular complexity index is 493. The van der Waals surface area contributed by atoms with Crippen molar-refractivity contribution in [3.05, 3.63) is 35.4 Å². The molecule has 0 saturated carbocycles. The van der Waals surface area contributed by atoms with Crippen LogP contribution in [0.5, 0.6) is 0 Å². The van der Waals surface area contributed by atoms with E-state index in [4.69, 9.17) is 4.99 Å².